The summed E-state index contributed by atoms with van der Waals surface area (Å²) in [5.74, 6) is 0.0945. The predicted octanol–water partition coefficient (Wildman–Crippen LogP) is 1.05. The SMILES string of the molecule is Cc1ccc(C(=O)NCC2CCCN(Cc3cnc[nH]3)C2)c(=O)[nH]1. The topological polar surface area (TPSA) is 93.9 Å². The van der Waals surface area contributed by atoms with Crippen molar-refractivity contribution in [1.29, 1.82) is 0 Å². The number of hydrogen-bond acceptors (Lipinski definition) is 4. The summed E-state index contributed by atoms with van der Waals surface area (Å²) in [6.07, 6.45) is 5.73. The molecule has 2 aromatic heterocycles. The zero-order valence-electron chi connectivity index (χ0n) is 13.8. The molecule has 3 rings (SSSR count). The van der Waals surface area contributed by atoms with Gasteiger partial charge in [-0.15, -0.1) is 0 Å². The Kier molecular flexibility index (Phi) is 5.10. The smallest absolute Gasteiger partial charge is 0.260 e. The van der Waals surface area contributed by atoms with E-state index in [1.54, 1.807) is 25.4 Å². The number of piperidine rings is 1. The van der Waals surface area contributed by atoms with Crippen LogP contribution in [-0.4, -0.2) is 45.4 Å². The molecule has 1 saturated heterocycles. The lowest BCUT2D eigenvalue weighted by Crippen LogP contribution is -2.41. The molecule has 1 atom stereocenters. The highest BCUT2D eigenvalue weighted by molar-refractivity contribution is 5.93. The molecule has 3 heterocycles. The number of likely N-dealkylation sites (tertiary alicyclic amines) is 1. The Morgan fingerprint density at radius 2 is 2.33 bits per heavy atom. The molecule has 0 bridgehead atoms. The van der Waals surface area contributed by atoms with Gasteiger partial charge in [0.2, 0.25) is 0 Å². The third-order valence-electron chi connectivity index (χ3n) is 4.40. The van der Waals surface area contributed by atoms with E-state index in [0.717, 1.165) is 43.9 Å². The van der Waals surface area contributed by atoms with Crippen molar-refractivity contribution in [2.75, 3.05) is 19.6 Å². The van der Waals surface area contributed by atoms with Crippen LogP contribution in [0.4, 0.5) is 0 Å². The molecule has 7 nitrogen and oxygen atoms in total. The molecule has 24 heavy (non-hydrogen) atoms. The minimum absolute atomic E-state index is 0.172. The number of nitrogens with one attached hydrogen (secondary N) is 3. The summed E-state index contributed by atoms with van der Waals surface area (Å²) in [6.45, 7) is 5.22. The number of aromatic amines is 2. The minimum atomic E-state index is -0.336. The van der Waals surface area contributed by atoms with Crippen LogP contribution >= 0.6 is 0 Å². The second-order valence-electron chi connectivity index (χ2n) is 6.41. The molecule has 1 aliphatic rings. The summed E-state index contributed by atoms with van der Waals surface area (Å²) in [5.41, 5.74) is 1.69. The van der Waals surface area contributed by atoms with E-state index in [2.05, 4.69) is 25.2 Å². The van der Waals surface area contributed by atoms with Crippen LogP contribution in [-0.2, 0) is 6.54 Å². The van der Waals surface area contributed by atoms with Crippen LogP contribution < -0.4 is 10.9 Å². The van der Waals surface area contributed by atoms with Gasteiger partial charge in [-0.05, 0) is 44.4 Å². The van der Waals surface area contributed by atoms with E-state index >= 15 is 0 Å². The van der Waals surface area contributed by atoms with Crippen LogP contribution in [0.3, 0.4) is 0 Å². The average Bonchev–Trinajstić information content (AvgIpc) is 3.06. The van der Waals surface area contributed by atoms with Crippen LogP contribution in [0, 0.1) is 12.8 Å². The number of amides is 1. The molecule has 1 fully saturated rings. The lowest BCUT2D eigenvalue weighted by atomic mass is 9.97. The third-order valence-corrected chi connectivity index (χ3v) is 4.40. The van der Waals surface area contributed by atoms with Gasteiger partial charge >= 0.3 is 0 Å². The van der Waals surface area contributed by atoms with Gasteiger partial charge in [0, 0.05) is 37.2 Å². The van der Waals surface area contributed by atoms with Gasteiger partial charge in [0.15, 0.2) is 0 Å². The van der Waals surface area contributed by atoms with Gasteiger partial charge in [0.25, 0.3) is 11.5 Å². The van der Waals surface area contributed by atoms with Crippen LogP contribution in [0.15, 0.2) is 29.5 Å². The summed E-state index contributed by atoms with van der Waals surface area (Å²) in [7, 11) is 0. The summed E-state index contributed by atoms with van der Waals surface area (Å²) in [6, 6.07) is 3.32. The number of nitrogens with zero attached hydrogens (tertiary/aromatic N) is 2. The highest BCUT2D eigenvalue weighted by Crippen LogP contribution is 2.17. The average molecular weight is 329 g/mol. The van der Waals surface area contributed by atoms with E-state index < -0.39 is 0 Å². The molecule has 0 saturated carbocycles. The van der Waals surface area contributed by atoms with Crippen LogP contribution in [0.2, 0.25) is 0 Å². The van der Waals surface area contributed by atoms with Gasteiger partial charge in [0.1, 0.15) is 5.56 Å². The number of H-pyrrole nitrogens is 2. The molecule has 1 aliphatic heterocycles. The Morgan fingerprint density at radius 1 is 1.46 bits per heavy atom. The van der Waals surface area contributed by atoms with Crippen molar-refractivity contribution >= 4 is 5.91 Å². The van der Waals surface area contributed by atoms with E-state index in [9.17, 15) is 9.59 Å². The van der Waals surface area contributed by atoms with E-state index in [0.29, 0.717) is 12.5 Å². The van der Waals surface area contributed by atoms with Crippen molar-refractivity contribution in [3.05, 3.63) is 52.0 Å². The first kappa shape index (κ1) is 16.4. The lowest BCUT2D eigenvalue weighted by Gasteiger charge is -2.32. The fourth-order valence-corrected chi connectivity index (χ4v) is 3.16. The van der Waals surface area contributed by atoms with Gasteiger partial charge in [-0.2, -0.15) is 0 Å². The van der Waals surface area contributed by atoms with Crippen molar-refractivity contribution < 1.29 is 4.79 Å². The first-order valence-corrected chi connectivity index (χ1v) is 8.29. The molecule has 7 heteroatoms. The van der Waals surface area contributed by atoms with Gasteiger partial charge in [-0.1, -0.05) is 0 Å². The second kappa shape index (κ2) is 7.44. The Balaban J connectivity index is 1.52. The largest absolute Gasteiger partial charge is 0.352 e. The predicted molar refractivity (Wildman–Crippen MR) is 90.7 cm³/mol. The van der Waals surface area contributed by atoms with Crippen molar-refractivity contribution in [2.45, 2.75) is 26.3 Å². The zero-order valence-corrected chi connectivity index (χ0v) is 13.8. The quantitative estimate of drug-likeness (QED) is 0.764. The maximum atomic E-state index is 12.2. The number of imidazole rings is 1. The molecule has 3 N–H and O–H groups in total. The van der Waals surface area contributed by atoms with E-state index in [1.165, 1.54) is 0 Å². The standard InChI is InChI=1S/C17H23N5O2/c1-12-4-5-15(17(24)21-12)16(23)19-7-13-3-2-6-22(9-13)10-14-8-18-11-20-14/h4-5,8,11,13H,2-3,6-7,9-10H2,1H3,(H,18,20)(H,19,23)(H,21,24). The number of carbonyl (C=O) groups is 1. The van der Waals surface area contributed by atoms with Gasteiger partial charge < -0.3 is 15.3 Å². The number of aryl methyl sites for hydroxylation is 1. The minimum Gasteiger partial charge on any atom is -0.352 e. The van der Waals surface area contributed by atoms with Crippen molar-refractivity contribution in [2.24, 2.45) is 5.92 Å². The molecule has 0 radical (unpaired) electrons. The number of rotatable bonds is 5. The molecular weight excluding hydrogens is 306 g/mol. The highest BCUT2D eigenvalue weighted by atomic mass is 16.2. The maximum Gasteiger partial charge on any atom is 0.260 e. The first-order valence-electron chi connectivity index (χ1n) is 8.29. The molecule has 0 aliphatic carbocycles. The Bertz CT molecular complexity index is 738. The Morgan fingerprint density at radius 3 is 3.08 bits per heavy atom. The fraction of sp³-hybridized carbons (Fsp3) is 0.471. The summed E-state index contributed by atoms with van der Waals surface area (Å²) in [5, 5.41) is 2.90. The van der Waals surface area contributed by atoms with Crippen LogP contribution in [0.1, 0.15) is 34.6 Å². The van der Waals surface area contributed by atoms with E-state index in [1.807, 2.05) is 6.20 Å². The number of carbonyl (C=O) groups excluding carboxylic acids is 1. The maximum absolute atomic E-state index is 12.2. The molecule has 128 valence electrons. The van der Waals surface area contributed by atoms with Gasteiger partial charge in [0.05, 0.1) is 6.33 Å². The number of aromatic nitrogens is 3. The summed E-state index contributed by atoms with van der Waals surface area (Å²) in [4.78, 5) is 36.2. The van der Waals surface area contributed by atoms with Crippen molar-refractivity contribution in [1.82, 2.24) is 25.2 Å². The summed E-state index contributed by atoms with van der Waals surface area (Å²) < 4.78 is 0. The Hall–Kier alpha value is -2.41. The zero-order chi connectivity index (χ0) is 16.9. The Labute approximate surface area is 140 Å². The normalized spacial score (nSPS) is 18.5. The molecular formula is C17H23N5O2. The molecule has 0 spiro atoms. The van der Waals surface area contributed by atoms with Crippen molar-refractivity contribution in [3.8, 4) is 0 Å². The third kappa shape index (κ3) is 4.11. The number of pyridine rings is 1. The van der Waals surface area contributed by atoms with Gasteiger partial charge in [-0.25, -0.2) is 4.98 Å². The molecule has 0 aromatic carbocycles. The van der Waals surface area contributed by atoms with E-state index in [-0.39, 0.29) is 17.0 Å². The van der Waals surface area contributed by atoms with Crippen molar-refractivity contribution in [3.63, 3.8) is 0 Å². The summed E-state index contributed by atoms with van der Waals surface area (Å²) >= 11 is 0. The van der Waals surface area contributed by atoms with E-state index in [4.69, 9.17) is 0 Å². The molecule has 1 amide bonds. The lowest BCUT2D eigenvalue weighted by molar-refractivity contribution is 0.0928. The first-order chi connectivity index (χ1) is 11.6. The monoisotopic (exact) mass is 329 g/mol. The van der Waals surface area contributed by atoms with Crippen LogP contribution in [0.5, 0.6) is 0 Å². The highest BCUT2D eigenvalue weighted by Gasteiger charge is 2.21. The van der Waals surface area contributed by atoms with Gasteiger partial charge in [-0.3, -0.25) is 14.5 Å². The number of hydrogen-bond donors (Lipinski definition) is 3. The second-order valence-corrected chi connectivity index (χ2v) is 6.41. The van der Waals surface area contributed by atoms with Crippen LogP contribution in [0.25, 0.3) is 0 Å². The molecule has 2 aromatic rings. The fourth-order valence-electron chi connectivity index (χ4n) is 3.16. The molecule has 1 unspecified atom stereocenters.